The van der Waals surface area contributed by atoms with Crippen LogP contribution in [0.2, 0.25) is 0 Å². The van der Waals surface area contributed by atoms with Gasteiger partial charge in [-0.25, -0.2) is 9.97 Å². The topological polar surface area (TPSA) is 93.4 Å². The fourth-order valence-electron chi connectivity index (χ4n) is 5.00. The smallest absolute Gasteiger partial charge is 0.416 e. The predicted molar refractivity (Wildman–Crippen MR) is 154 cm³/mol. The number of fused-ring (bicyclic) bond motifs is 1. The molecule has 0 bridgehead atoms. The molecule has 1 aliphatic heterocycles. The van der Waals surface area contributed by atoms with Crippen LogP contribution in [-0.2, 0) is 6.18 Å². The van der Waals surface area contributed by atoms with Gasteiger partial charge in [-0.2, -0.15) is 13.2 Å². The number of aromatic nitrogens is 2. The fourth-order valence-corrected chi connectivity index (χ4v) is 5.70. The number of rotatable bonds is 5. The standard InChI is InChI=1S/C29H27BrF3N5O2/c1-16-6-7-17(12-20(16)21-13-18-15-35-28(34)37-25(18)24(30)26(21)40-2)27(39)36-22-14-19(29(31,32)33)8-9-23(22)38-10-4-3-5-11-38/h6-9,12-15H,3-5,10-11H2,1-2H3,(H,36,39)(H2,34,35,37). The molecule has 208 valence electrons. The van der Waals surface area contributed by atoms with Crippen molar-refractivity contribution in [1.29, 1.82) is 0 Å². The average Bonchev–Trinajstić information content (AvgIpc) is 2.93. The molecule has 5 rings (SSSR count). The number of aryl methyl sites for hydroxylation is 1. The van der Waals surface area contributed by atoms with Gasteiger partial charge in [-0.15, -0.1) is 0 Å². The number of alkyl halides is 3. The first-order chi connectivity index (χ1) is 19.1. The Morgan fingerprint density at radius 3 is 2.52 bits per heavy atom. The molecular formula is C29H27BrF3N5O2. The van der Waals surface area contributed by atoms with Crippen LogP contribution >= 0.6 is 15.9 Å². The minimum absolute atomic E-state index is 0.122. The lowest BCUT2D eigenvalue weighted by atomic mass is 9.96. The number of piperidine rings is 1. The number of amides is 1. The van der Waals surface area contributed by atoms with Crippen LogP contribution in [0.5, 0.6) is 5.75 Å². The summed E-state index contributed by atoms with van der Waals surface area (Å²) in [6, 6.07) is 10.5. The SMILES string of the molecule is COc1c(-c2cc(C(=O)Nc3cc(C(F)(F)F)ccc3N3CCCCC3)ccc2C)cc2cnc(N)nc2c1Br. The van der Waals surface area contributed by atoms with E-state index in [1.54, 1.807) is 24.4 Å². The van der Waals surface area contributed by atoms with E-state index in [2.05, 4.69) is 31.2 Å². The van der Waals surface area contributed by atoms with Crippen molar-refractivity contribution in [2.45, 2.75) is 32.4 Å². The number of nitrogens with zero attached hydrogens (tertiary/aromatic N) is 3. The second kappa shape index (κ2) is 11.0. The first-order valence-electron chi connectivity index (χ1n) is 12.7. The quantitative estimate of drug-likeness (QED) is 0.247. The van der Waals surface area contributed by atoms with E-state index < -0.39 is 17.6 Å². The Morgan fingerprint density at radius 2 is 1.82 bits per heavy atom. The molecule has 7 nitrogen and oxygen atoms in total. The summed E-state index contributed by atoms with van der Waals surface area (Å²) in [6.45, 7) is 3.33. The lowest BCUT2D eigenvalue weighted by molar-refractivity contribution is -0.137. The number of ether oxygens (including phenoxy) is 1. The number of halogens is 4. The Bertz CT molecular complexity index is 1600. The van der Waals surface area contributed by atoms with Crippen molar-refractivity contribution in [3.8, 4) is 16.9 Å². The van der Waals surface area contributed by atoms with Crippen molar-refractivity contribution in [3.05, 3.63) is 69.8 Å². The third-order valence-corrected chi connectivity index (χ3v) is 7.79. The molecular weight excluding hydrogens is 587 g/mol. The van der Waals surface area contributed by atoms with Crippen molar-refractivity contribution >= 4 is 50.1 Å². The molecule has 1 aromatic heterocycles. The normalized spacial score (nSPS) is 13.9. The van der Waals surface area contributed by atoms with Gasteiger partial charge in [0.25, 0.3) is 5.91 Å². The molecule has 1 amide bonds. The molecule has 40 heavy (non-hydrogen) atoms. The third-order valence-electron chi connectivity index (χ3n) is 7.05. The van der Waals surface area contributed by atoms with E-state index in [0.29, 0.717) is 37.9 Å². The monoisotopic (exact) mass is 613 g/mol. The molecule has 0 unspecified atom stereocenters. The van der Waals surface area contributed by atoms with Crippen molar-refractivity contribution < 1.29 is 22.7 Å². The highest BCUT2D eigenvalue weighted by molar-refractivity contribution is 9.10. The van der Waals surface area contributed by atoms with Crippen LogP contribution in [0.4, 0.5) is 30.5 Å². The summed E-state index contributed by atoms with van der Waals surface area (Å²) in [4.78, 5) is 23.9. The molecule has 3 aromatic carbocycles. The summed E-state index contributed by atoms with van der Waals surface area (Å²) in [6.07, 6.45) is 0.0181. The summed E-state index contributed by atoms with van der Waals surface area (Å²) in [7, 11) is 1.53. The second-order valence-electron chi connectivity index (χ2n) is 9.70. The van der Waals surface area contributed by atoms with Gasteiger partial charge in [-0.05, 0) is 89.6 Å². The number of hydrogen-bond acceptors (Lipinski definition) is 6. The molecule has 0 saturated carbocycles. The van der Waals surface area contributed by atoms with Gasteiger partial charge in [0.2, 0.25) is 5.95 Å². The number of carbonyl (C=O) groups excluding carboxylic acids is 1. The highest BCUT2D eigenvalue weighted by Gasteiger charge is 2.32. The maximum Gasteiger partial charge on any atom is 0.416 e. The van der Waals surface area contributed by atoms with E-state index in [4.69, 9.17) is 10.5 Å². The van der Waals surface area contributed by atoms with Crippen LogP contribution in [0, 0.1) is 6.92 Å². The van der Waals surface area contributed by atoms with Crippen molar-refractivity contribution in [2.75, 3.05) is 36.1 Å². The Kier molecular flexibility index (Phi) is 7.59. The van der Waals surface area contributed by atoms with Gasteiger partial charge in [-0.3, -0.25) is 4.79 Å². The molecule has 0 atom stereocenters. The van der Waals surface area contributed by atoms with Crippen LogP contribution in [0.3, 0.4) is 0 Å². The molecule has 1 aliphatic rings. The van der Waals surface area contributed by atoms with Crippen LogP contribution in [0.25, 0.3) is 22.0 Å². The van der Waals surface area contributed by atoms with Crippen LogP contribution in [0.1, 0.15) is 40.7 Å². The Morgan fingerprint density at radius 1 is 1.07 bits per heavy atom. The van der Waals surface area contributed by atoms with Crippen molar-refractivity contribution in [3.63, 3.8) is 0 Å². The summed E-state index contributed by atoms with van der Waals surface area (Å²) in [5, 5.41) is 3.47. The molecule has 11 heteroatoms. The maximum absolute atomic E-state index is 13.6. The zero-order chi connectivity index (χ0) is 28.6. The number of carbonyl (C=O) groups is 1. The summed E-state index contributed by atoms with van der Waals surface area (Å²) in [5.41, 5.74) is 8.79. The molecule has 0 radical (unpaired) electrons. The van der Waals surface area contributed by atoms with Crippen LogP contribution < -0.4 is 20.7 Å². The van der Waals surface area contributed by atoms with Gasteiger partial charge < -0.3 is 20.7 Å². The van der Waals surface area contributed by atoms with Crippen LogP contribution in [0.15, 0.2) is 53.1 Å². The van der Waals surface area contributed by atoms with Crippen molar-refractivity contribution in [1.82, 2.24) is 9.97 Å². The fraction of sp³-hybridized carbons (Fsp3) is 0.276. The zero-order valence-corrected chi connectivity index (χ0v) is 23.5. The van der Waals surface area contributed by atoms with Gasteiger partial charge in [0, 0.05) is 35.8 Å². The number of methoxy groups -OCH3 is 1. The zero-order valence-electron chi connectivity index (χ0n) is 21.9. The lowest BCUT2D eigenvalue weighted by Gasteiger charge is -2.31. The largest absolute Gasteiger partial charge is 0.495 e. The predicted octanol–water partition coefficient (Wildman–Crippen LogP) is 7.22. The Hall–Kier alpha value is -3.86. The lowest BCUT2D eigenvalue weighted by Crippen LogP contribution is -2.30. The van der Waals surface area contributed by atoms with E-state index >= 15 is 0 Å². The van der Waals surface area contributed by atoms with Gasteiger partial charge in [0.1, 0.15) is 5.75 Å². The minimum atomic E-state index is -4.54. The molecule has 0 aliphatic carbocycles. The Labute approximate surface area is 237 Å². The van der Waals surface area contributed by atoms with E-state index in [1.165, 1.54) is 13.2 Å². The molecule has 1 saturated heterocycles. The highest BCUT2D eigenvalue weighted by Crippen LogP contribution is 2.43. The van der Waals surface area contributed by atoms with Gasteiger partial charge >= 0.3 is 6.18 Å². The number of hydrogen-bond donors (Lipinski definition) is 2. The summed E-state index contributed by atoms with van der Waals surface area (Å²) >= 11 is 3.56. The Balaban J connectivity index is 1.55. The molecule has 4 aromatic rings. The van der Waals surface area contributed by atoms with Gasteiger partial charge in [0.15, 0.2) is 0 Å². The average molecular weight is 614 g/mol. The van der Waals surface area contributed by atoms with Crippen molar-refractivity contribution in [2.24, 2.45) is 0 Å². The molecule has 0 spiro atoms. The second-order valence-corrected chi connectivity index (χ2v) is 10.5. The first kappa shape index (κ1) is 27.7. The number of benzene rings is 3. The first-order valence-corrected chi connectivity index (χ1v) is 13.5. The summed E-state index contributed by atoms with van der Waals surface area (Å²) in [5.74, 6) is 0.0988. The highest BCUT2D eigenvalue weighted by atomic mass is 79.9. The third kappa shape index (κ3) is 5.42. The van der Waals surface area contributed by atoms with E-state index in [0.717, 1.165) is 50.0 Å². The maximum atomic E-state index is 13.6. The van der Waals surface area contributed by atoms with E-state index in [9.17, 15) is 18.0 Å². The number of anilines is 3. The van der Waals surface area contributed by atoms with Crippen LogP contribution in [-0.4, -0.2) is 36.1 Å². The van der Waals surface area contributed by atoms with Gasteiger partial charge in [-0.1, -0.05) is 6.07 Å². The molecule has 3 N–H and O–H groups in total. The van der Waals surface area contributed by atoms with E-state index in [1.807, 2.05) is 17.9 Å². The van der Waals surface area contributed by atoms with Gasteiger partial charge in [0.05, 0.1) is 34.0 Å². The molecule has 2 heterocycles. The summed E-state index contributed by atoms with van der Waals surface area (Å²) < 4.78 is 47.0. The van der Waals surface area contributed by atoms with E-state index in [-0.39, 0.29) is 17.2 Å². The number of nitrogens with one attached hydrogen (secondary N) is 1. The number of nitrogens with two attached hydrogens (primary N) is 1. The minimum Gasteiger partial charge on any atom is -0.495 e. The number of nitrogen functional groups attached to an aromatic ring is 1. The molecule has 1 fully saturated rings.